The van der Waals surface area contributed by atoms with Gasteiger partial charge < -0.3 is 21.0 Å². The summed E-state index contributed by atoms with van der Waals surface area (Å²) in [6.45, 7) is 8.28. The van der Waals surface area contributed by atoms with Gasteiger partial charge in [-0.1, -0.05) is 36.6 Å². The van der Waals surface area contributed by atoms with Crippen molar-refractivity contribution in [3.63, 3.8) is 0 Å². The summed E-state index contributed by atoms with van der Waals surface area (Å²) in [5.41, 5.74) is 9.19. The number of oxime groups is 1. The van der Waals surface area contributed by atoms with Crippen molar-refractivity contribution < 1.29 is 24.3 Å². The number of carbonyl (C=O) groups is 3. The minimum absolute atomic E-state index is 0.0155. The first kappa shape index (κ1) is 26.1. The Morgan fingerprint density at radius 2 is 2.18 bits per heavy atom. The largest absolute Gasteiger partial charge is 0.477 e. The summed E-state index contributed by atoms with van der Waals surface area (Å²) in [5, 5.41) is 18.8. The van der Waals surface area contributed by atoms with E-state index in [1.54, 1.807) is 6.92 Å². The third-order valence-corrected chi connectivity index (χ3v) is 8.11. The Kier molecular flexibility index (Phi) is 8.28. The molecule has 0 aromatic carbocycles. The van der Waals surface area contributed by atoms with E-state index < -0.39 is 37.3 Å². The molecule has 3 rings (SSSR count). The number of rotatable bonds is 8. The fourth-order valence-electron chi connectivity index (χ4n) is 2.96. The van der Waals surface area contributed by atoms with Crippen LogP contribution in [-0.4, -0.2) is 80.5 Å². The molecule has 2 unspecified atom stereocenters. The minimum Gasteiger partial charge on any atom is -0.477 e. The number of amides is 2. The number of carboxylic acid groups (broad SMARTS) is 1. The molecule has 0 aliphatic carbocycles. The molecule has 34 heavy (non-hydrogen) atoms. The van der Waals surface area contributed by atoms with Gasteiger partial charge >= 0.3 is 5.97 Å². The second-order valence-corrected chi connectivity index (χ2v) is 15.6. The third-order valence-electron chi connectivity index (χ3n) is 4.43. The zero-order chi connectivity index (χ0) is 25.0. The van der Waals surface area contributed by atoms with Crippen molar-refractivity contribution in [1.82, 2.24) is 19.6 Å². The number of nitrogen functional groups attached to an aromatic ring is 1. The summed E-state index contributed by atoms with van der Waals surface area (Å²) in [4.78, 5) is 47.9. The number of aliphatic carboxylic acids is 1. The summed E-state index contributed by atoms with van der Waals surface area (Å²) in [6, 6.07) is -0.921. The molecule has 15 heteroatoms. The zero-order valence-electron chi connectivity index (χ0n) is 18.9. The molecule has 4 N–H and O–H groups in total. The van der Waals surface area contributed by atoms with E-state index in [1.807, 2.05) is 0 Å². The Labute approximate surface area is 210 Å². The van der Waals surface area contributed by atoms with Crippen molar-refractivity contribution in [2.45, 2.75) is 38.0 Å². The quantitative estimate of drug-likeness (QED) is 0.144. The van der Waals surface area contributed by atoms with Gasteiger partial charge in [-0.15, -0.1) is 17.3 Å². The predicted octanol–water partition coefficient (Wildman–Crippen LogP) is 1.17. The molecule has 3 heterocycles. The van der Waals surface area contributed by atoms with E-state index >= 15 is 0 Å². The first-order valence-corrected chi connectivity index (χ1v) is 16.5. The molecular weight excluding hydrogens is 517 g/mol. The summed E-state index contributed by atoms with van der Waals surface area (Å²) in [7, 11) is -1.53. The minimum atomic E-state index is -1.53. The van der Waals surface area contributed by atoms with Crippen molar-refractivity contribution in [2.24, 2.45) is 5.16 Å². The van der Waals surface area contributed by atoms with Crippen LogP contribution in [0.4, 0.5) is 5.13 Å². The number of carboxylic acids is 1. The van der Waals surface area contributed by atoms with Gasteiger partial charge in [-0.3, -0.25) is 14.5 Å². The van der Waals surface area contributed by atoms with E-state index in [0.29, 0.717) is 17.1 Å². The van der Waals surface area contributed by atoms with Crippen LogP contribution in [0.1, 0.15) is 12.7 Å². The van der Waals surface area contributed by atoms with Crippen molar-refractivity contribution in [2.75, 3.05) is 23.8 Å². The van der Waals surface area contributed by atoms with Gasteiger partial charge in [0.15, 0.2) is 5.13 Å². The maximum Gasteiger partial charge on any atom is 0.352 e. The van der Waals surface area contributed by atoms with Crippen LogP contribution < -0.4 is 11.1 Å². The SMILES string of the molecule is CCO/N=C(/C(=O)NC1C(=O)N2C(C(=O)O)=C(CSC#C[Si](C)(C)C)CSC12)c1nsc(N)n1. The predicted molar refractivity (Wildman–Crippen MR) is 136 cm³/mol. The second-order valence-electron chi connectivity index (χ2n) is 8.20. The van der Waals surface area contributed by atoms with Gasteiger partial charge in [0.05, 0.1) is 0 Å². The number of thioether (sulfide) groups is 2. The number of fused-ring (bicyclic) bond motifs is 1. The lowest BCUT2D eigenvalue weighted by Crippen LogP contribution is -2.71. The van der Waals surface area contributed by atoms with Crippen LogP contribution in [0.2, 0.25) is 19.6 Å². The van der Waals surface area contributed by atoms with Crippen molar-refractivity contribution in [1.29, 1.82) is 0 Å². The smallest absolute Gasteiger partial charge is 0.352 e. The van der Waals surface area contributed by atoms with Crippen molar-refractivity contribution in [3.05, 3.63) is 17.1 Å². The number of carbonyl (C=O) groups excluding carboxylic acids is 2. The maximum atomic E-state index is 12.9. The number of nitrogens with zero attached hydrogens (tertiary/aromatic N) is 4. The highest BCUT2D eigenvalue weighted by Crippen LogP contribution is 2.41. The van der Waals surface area contributed by atoms with Gasteiger partial charge in [-0.05, 0) is 17.7 Å². The van der Waals surface area contributed by atoms with Gasteiger partial charge in [0.2, 0.25) is 11.5 Å². The molecule has 1 aromatic heterocycles. The maximum absolute atomic E-state index is 12.9. The van der Waals surface area contributed by atoms with Crippen LogP contribution in [0.25, 0.3) is 0 Å². The average Bonchev–Trinajstić information content (AvgIpc) is 3.19. The summed E-state index contributed by atoms with van der Waals surface area (Å²) in [6.07, 6.45) is 0. The average molecular weight is 541 g/mol. The molecule has 2 amide bonds. The molecule has 0 bridgehead atoms. The molecular formula is C19H24N6O5S3Si. The molecule has 11 nitrogen and oxygen atoms in total. The number of nitrogens with two attached hydrogens (primary N) is 1. The second kappa shape index (κ2) is 10.8. The molecule has 1 saturated heterocycles. The van der Waals surface area contributed by atoms with E-state index in [2.05, 4.69) is 50.3 Å². The molecule has 2 aliphatic rings. The van der Waals surface area contributed by atoms with E-state index in [4.69, 9.17) is 10.6 Å². The summed E-state index contributed by atoms with van der Waals surface area (Å²) in [5.74, 6) is -1.62. The fourth-order valence-corrected chi connectivity index (χ4v) is 6.87. The Bertz CT molecular complexity index is 1120. The van der Waals surface area contributed by atoms with E-state index in [9.17, 15) is 19.5 Å². The number of aromatic nitrogens is 2. The molecule has 0 radical (unpaired) electrons. The third kappa shape index (κ3) is 5.92. The summed E-state index contributed by atoms with van der Waals surface area (Å²) >= 11 is 3.62. The van der Waals surface area contributed by atoms with E-state index in [1.165, 1.54) is 28.4 Å². The molecule has 2 atom stereocenters. The standard InChI is InChI=1S/C19H24N6O5S3Si/c1-5-30-23-11(14-22-19(20)33-24-14)15(26)21-12-16(27)25-13(18(28)29)10(9-32-17(12)25)8-31-6-7-34(2,3)4/h12,17H,5,8-9H2,1-4H3,(H,21,26)(H,28,29)(H2,20,22,24)/b23-11+. The summed E-state index contributed by atoms with van der Waals surface area (Å²) < 4.78 is 3.97. The molecule has 1 fully saturated rings. The van der Waals surface area contributed by atoms with Crippen LogP contribution in [0, 0.1) is 10.8 Å². The van der Waals surface area contributed by atoms with Gasteiger partial charge in [0, 0.05) is 23.0 Å². The van der Waals surface area contributed by atoms with Crippen LogP contribution in [0.3, 0.4) is 0 Å². The van der Waals surface area contributed by atoms with E-state index in [-0.39, 0.29) is 29.0 Å². The normalized spacial score (nSPS) is 20.2. The Morgan fingerprint density at radius 3 is 2.76 bits per heavy atom. The Balaban J connectivity index is 1.74. The monoisotopic (exact) mass is 540 g/mol. The number of hydrogen-bond acceptors (Lipinski definition) is 11. The lowest BCUT2D eigenvalue weighted by molar-refractivity contribution is -0.150. The molecule has 0 saturated carbocycles. The lowest BCUT2D eigenvalue weighted by Gasteiger charge is -2.49. The lowest BCUT2D eigenvalue weighted by atomic mass is 10.0. The van der Waals surface area contributed by atoms with Gasteiger partial charge in [-0.2, -0.15) is 9.36 Å². The highest BCUT2D eigenvalue weighted by molar-refractivity contribution is 8.04. The molecule has 1 aromatic rings. The van der Waals surface area contributed by atoms with Crippen LogP contribution >= 0.6 is 35.1 Å². The number of β-lactam (4-membered cyclic amide) rings is 1. The highest BCUT2D eigenvalue weighted by Gasteiger charge is 2.54. The van der Waals surface area contributed by atoms with Gasteiger partial charge in [-0.25, -0.2) is 4.79 Å². The van der Waals surface area contributed by atoms with E-state index in [0.717, 1.165) is 11.5 Å². The Morgan fingerprint density at radius 1 is 1.44 bits per heavy atom. The van der Waals surface area contributed by atoms with Gasteiger partial charge in [0.25, 0.3) is 11.8 Å². The highest BCUT2D eigenvalue weighted by atomic mass is 32.2. The van der Waals surface area contributed by atoms with Crippen LogP contribution in [0.15, 0.2) is 16.4 Å². The number of nitrogens with one attached hydrogen (secondary N) is 1. The zero-order valence-corrected chi connectivity index (χ0v) is 22.4. The van der Waals surface area contributed by atoms with Crippen LogP contribution in [-0.2, 0) is 19.2 Å². The number of anilines is 1. The first-order valence-electron chi connectivity index (χ1n) is 10.2. The topological polar surface area (TPSA) is 160 Å². The molecule has 2 aliphatic heterocycles. The number of hydrogen-bond donors (Lipinski definition) is 3. The molecule has 0 spiro atoms. The van der Waals surface area contributed by atoms with Crippen molar-refractivity contribution >= 4 is 71.8 Å². The van der Waals surface area contributed by atoms with Crippen LogP contribution in [0.5, 0.6) is 0 Å². The first-order chi connectivity index (χ1) is 16.0. The Hall–Kier alpha value is -2.54. The van der Waals surface area contributed by atoms with Gasteiger partial charge in [0.1, 0.15) is 31.8 Å². The molecule has 182 valence electrons. The fraction of sp³-hybridized carbons (Fsp3) is 0.474. The van der Waals surface area contributed by atoms with Crippen molar-refractivity contribution in [3.8, 4) is 10.8 Å².